The van der Waals surface area contributed by atoms with Gasteiger partial charge < -0.3 is 5.32 Å². The lowest BCUT2D eigenvalue weighted by Gasteiger charge is -2.06. The topological polar surface area (TPSA) is 76.9 Å². The van der Waals surface area contributed by atoms with E-state index in [0.29, 0.717) is 10.5 Å². The summed E-state index contributed by atoms with van der Waals surface area (Å²) in [6.45, 7) is 3.96. The fraction of sp³-hybridized carbons (Fsp3) is 0.143. The van der Waals surface area contributed by atoms with Gasteiger partial charge in [-0.05, 0) is 37.1 Å². The van der Waals surface area contributed by atoms with Crippen molar-refractivity contribution in [2.24, 2.45) is 0 Å². The Morgan fingerprint density at radius 2 is 1.96 bits per heavy atom. The number of rotatable bonds is 4. The van der Waals surface area contributed by atoms with Gasteiger partial charge in [-0.15, -0.1) is 11.3 Å². The van der Waals surface area contributed by atoms with E-state index in [0.717, 1.165) is 21.3 Å². The van der Waals surface area contributed by atoms with Crippen LogP contribution in [-0.2, 0) is 11.3 Å². The molecule has 0 aliphatic rings. The van der Waals surface area contributed by atoms with Gasteiger partial charge in [0.25, 0.3) is 5.56 Å². The summed E-state index contributed by atoms with van der Waals surface area (Å²) in [5.41, 5.74) is 3.94. The number of benzene rings is 2. The van der Waals surface area contributed by atoms with Crippen molar-refractivity contribution < 1.29 is 4.79 Å². The van der Waals surface area contributed by atoms with Crippen LogP contribution in [0.4, 0.5) is 5.13 Å². The standard InChI is InChI=1S/C21H18N4O2S/c1-13-7-8-15(9-14(13)2)18-12-28-21(23-18)24-19(26)11-25-20(27)17-6-4-3-5-16(17)10-22-25/h3-10,12H,11H2,1-2H3,(H,23,24,26). The predicted molar refractivity (Wildman–Crippen MR) is 112 cm³/mol. The number of nitrogens with one attached hydrogen (secondary N) is 1. The molecule has 7 heteroatoms. The minimum absolute atomic E-state index is 0.164. The van der Waals surface area contributed by atoms with Crippen molar-refractivity contribution in [2.45, 2.75) is 20.4 Å². The van der Waals surface area contributed by atoms with Crippen molar-refractivity contribution in [3.8, 4) is 11.3 Å². The molecule has 0 saturated heterocycles. The van der Waals surface area contributed by atoms with Gasteiger partial charge in [-0.25, -0.2) is 9.67 Å². The van der Waals surface area contributed by atoms with Gasteiger partial charge in [-0.1, -0.05) is 30.3 Å². The molecule has 0 spiro atoms. The summed E-state index contributed by atoms with van der Waals surface area (Å²) in [6, 6.07) is 13.3. The lowest BCUT2D eigenvalue weighted by molar-refractivity contribution is -0.117. The van der Waals surface area contributed by atoms with E-state index in [1.807, 2.05) is 23.6 Å². The number of fused-ring (bicyclic) bond motifs is 1. The van der Waals surface area contributed by atoms with Crippen LogP contribution >= 0.6 is 11.3 Å². The molecular formula is C21H18N4O2S. The first kappa shape index (κ1) is 18.1. The first-order chi connectivity index (χ1) is 13.5. The van der Waals surface area contributed by atoms with E-state index in [2.05, 4.69) is 41.4 Å². The molecule has 0 bridgehead atoms. The maximum Gasteiger partial charge on any atom is 0.275 e. The Kier molecular flexibility index (Phi) is 4.75. The van der Waals surface area contributed by atoms with Crippen LogP contribution in [0.1, 0.15) is 11.1 Å². The van der Waals surface area contributed by atoms with Gasteiger partial charge in [0.05, 0.1) is 17.3 Å². The fourth-order valence-electron chi connectivity index (χ4n) is 2.90. The van der Waals surface area contributed by atoms with E-state index >= 15 is 0 Å². The van der Waals surface area contributed by atoms with Crippen molar-refractivity contribution >= 4 is 33.1 Å². The normalized spacial score (nSPS) is 10.9. The summed E-state index contributed by atoms with van der Waals surface area (Å²) >= 11 is 1.35. The molecule has 4 rings (SSSR count). The van der Waals surface area contributed by atoms with Crippen LogP contribution in [0, 0.1) is 13.8 Å². The Balaban J connectivity index is 1.50. The molecule has 0 unspecified atom stereocenters. The van der Waals surface area contributed by atoms with E-state index in [1.165, 1.54) is 22.5 Å². The molecule has 0 saturated carbocycles. The predicted octanol–water partition coefficient (Wildman–Crippen LogP) is 3.78. The molecule has 6 nitrogen and oxygen atoms in total. The van der Waals surface area contributed by atoms with Crippen LogP contribution in [0.25, 0.3) is 22.0 Å². The zero-order chi connectivity index (χ0) is 19.7. The maximum atomic E-state index is 12.5. The molecule has 0 fully saturated rings. The highest BCUT2D eigenvalue weighted by Crippen LogP contribution is 2.26. The first-order valence-corrected chi connectivity index (χ1v) is 9.67. The second-order valence-corrected chi connectivity index (χ2v) is 7.44. The highest BCUT2D eigenvalue weighted by Gasteiger charge is 2.11. The quantitative estimate of drug-likeness (QED) is 0.575. The highest BCUT2D eigenvalue weighted by molar-refractivity contribution is 7.14. The molecule has 2 aromatic heterocycles. The van der Waals surface area contributed by atoms with E-state index in [1.54, 1.807) is 18.3 Å². The Hall–Kier alpha value is -3.32. The molecule has 1 N–H and O–H groups in total. The minimum atomic E-state index is -0.342. The largest absolute Gasteiger partial charge is 0.300 e. The van der Waals surface area contributed by atoms with Gasteiger partial charge in [0.2, 0.25) is 5.91 Å². The van der Waals surface area contributed by atoms with E-state index in [-0.39, 0.29) is 18.0 Å². The smallest absolute Gasteiger partial charge is 0.275 e. The average molecular weight is 390 g/mol. The van der Waals surface area contributed by atoms with E-state index < -0.39 is 0 Å². The van der Waals surface area contributed by atoms with Gasteiger partial charge in [-0.3, -0.25) is 9.59 Å². The summed E-state index contributed by atoms with van der Waals surface area (Å²) in [5, 5.41) is 10.5. The lowest BCUT2D eigenvalue weighted by atomic mass is 10.1. The molecule has 140 valence electrons. The number of carbonyl (C=O) groups excluding carboxylic acids is 1. The van der Waals surface area contributed by atoms with Crippen LogP contribution in [0.5, 0.6) is 0 Å². The van der Waals surface area contributed by atoms with E-state index in [4.69, 9.17) is 0 Å². The monoisotopic (exact) mass is 390 g/mol. The summed E-state index contributed by atoms with van der Waals surface area (Å²) in [7, 11) is 0. The van der Waals surface area contributed by atoms with Gasteiger partial charge in [0.15, 0.2) is 5.13 Å². The number of aryl methyl sites for hydroxylation is 2. The second-order valence-electron chi connectivity index (χ2n) is 6.58. The zero-order valence-corrected chi connectivity index (χ0v) is 16.3. The fourth-order valence-corrected chi connectivity index (χ4v) is 3.64. The third-order valence-electron chi connectivity index (χ3n) is 4.61. The summed E-state index contributed by atoms with van der Waals surface area (Å²) in [6.07, 6.45) is 1.59. The molecule has 0 aliphatic carbocycles. The van der Waals surface area contributed by atoms with Gasteiger partial charge in [-0.2, -0.15) is 5.10 Å². The SMILES string of the molecule is Cc1ccc(-c2csc(NC(=O)Cn3ncc4ccccc4c3=O)n2)cc1C. The van der Waals surface area contributed by atoms with Gasteiger partial charge in [0.1, 0.15) is 6.54 Å². The summed E-state index contributed by atoms with van der Waals surface area (Å²) in [5.74, 6) is -0.342. The van der Waals surface area contributed by atoms with Crippen molar-refractivity contribution in [3.63, 3.8) is 0 Å². The lowest BCUT2D eigenvalue weighted by Crippen LogP contribution is -2.29. The number of carbonyl (C=O) groups is 1. The summed E-state index contributed by atoms with van der Waals surface area (Å²) in [4.78, 5) is 29.3. The molecule has 4 aromatic rings. The Bertz CT molecular complexity index is 1240. The van der Waals surface area contributed by atoms with Gasteiger partial charge >= 0.3 is 0 Å². The number of nitrogens with zero attached hydrogens (tertiary/aromatic N) is 3. The number of hydrogen-bond donors (Lipinski definition) is 1. The molecule has 2 heterocycles. The Morgan fingerprint density at radius 1 is 1.14 bits per heavy atom. The Labute approximate surface area is 165 Å². The molecule has 0 atom stereocenters. The number of aromatic nitrogens is 3. The Morgan fingerprint density at radius 3 is 2.79 bits per heavy atom. The van der Waals surface area contributed by atoms with Crippen LogP contribution in [-0.4, -0.2) is 20.7 Å². The van der Waals surface area contributed by atoms with E-state index in [9.17, 15) is 9.59 Å². The van der Waals surface area contributed by atoms with Crippen molar-refractivity contribution in [1.82, 2.24) is 14.8 Å². The zero-order valence-electron chi connectivity index (χ0n) is 15.5. The van der Waals surface area contributed by atoms with Crippen LogP contribution < -0.4 is 10.9 Å². The minimum Gasteiger partial charge on any atom is -0.300 e. The van der Waals surface area contributed by atoms with Gasteiger partial charge in [0, 0.05) is 16.3 Å². The third-order valence-corrected chi connectivity index (χ3v) is 5.37. The number of anilines is 1. The maximum absolute atomic E-state index is 12.5. The van der Waals surface area contributed by atoms with Crippen LogP contribution in [0.2, 0.25) is 0 Å². The highest BCUT2D eigenvalue weighted by atomic mass is 32.1. The number of amides is 1. The first-order valence-electron chi connectivity index (χ1n) is 8.79. The van der Waals surface area contributed by atoms with Crippen molar-refractivity contribution in [3.05, 3.63) is 75.5 Å². The number of hydrogen-bond acceptors (Lipinski definition) is 5. The molecule has 0 aliphatic heterocycles. The average Bonchev–Trinajstić information content (AvgIpc) is 3.15. The second kappa shape index (κ2) is 7.36. The molecule has 2 aromatic carbocycles. The van der Waals surface area contributed by atoms with Crippen molar-refractivity contribution in [2.75, 3.05) is 5.32 Å². The van der Waals surface area contributed by atoms with Crippen LogP contribution in [0.15, 0.2) is 58.8 Å². The third kappa shape index (κ3) is 3.57. The molecular weight excluding hydrogens is 372 g/mol. The molecule has 1 amide bonds. The number of thiazole rings is 1. The van der Waals surface area contributed by atoms with Crippen molar-refractivity contribution in [1.29, 1.82) is 0 Å². The molecule has 0 radical (unpaired) electrons. The summed E-state index contributed by atoms with van der Waals surface area (Å²) < 4.78 is 1.16. The molecule has 28 heavy (non-hydrogen) atoms. The van der Waals surface area contributed by atoms with Crippen LogP contribution in [0.3, 0.4) is 0 Å².